The fourth-order valence-corrected chi connectivity index (χ4v) is 3.36. The number of rotatable bonds is 3. The number of allylic oxidation sites excluding steroid dienone is 2. The Morgan fingerprint density at radius 1 is 1.14 bits per heavy atom. The highest BCUT2D eigenvalue weighted by Crippen LogP contribution is 2.30. The predicted molar refractivity (Wildman–Crippen MR) is 101 cm³/mol. The van der Waals surface area contributed by atoms with Gasteiger partial charge in [-0.1, -0.05) is 6.08 Å². The van der Waals surface area contributed by atoms with Crippen molar-refractivity contribution in [1.82, 2.24) is 9.55 Å². The Kier molecular flexibility index (Phi) is 4.70. The number of imidazole rings is 1. The number of methoxy groups -OCH3 is 2. The zero-order valence-electron chi connectivity index (χ0n) is 15.5. The largest absolute Gasteiger partial charge is 0.465 e. The second-order valence-electron chi connectivity index (χ2n) is 6.22. The second-order valence-corrected chi connectivity index (χ2v) is 6.22. The SMILES string of the molecule is COC(=O)C1=C(C(=O)OC)N(c2ccc3c(c2)nc2n3CCOC2)C=CC=C1. The molecule has 28 heavy (non-hydrogen) atoms. The van der Waals surface area contributed by atoms with Gasteiger partial charge in [-0.05, 0) is 30.4 Å². The molecule has 144 valence electrons. The highest BCUT2D eigenvalue weighted by atomic mass is 16.5. The third kappa shape index (κ3) is 2.97. The van der Waals surface area contributed by atoms with Gasteiger partial charge in [-0.25, -0.2) is 14.6 Å². The first-order chi connectivity index (χ1) is 13.6. The van der Waals surface area contributed by atoms with Crippen molar-refractivity contribution in [1.29, 1.82) is 0 Å². The third-order valence-electron chi connectivity index (χ3n) is 4.67. The predicted octanol–water partition coefficient (Wildman–Crippen LogP) is 2.06. The monoisotopic (exact) mass is 381 g/mol. The lowest BCUT2D eigenvalue weighted by Crippen LogP contribution is -2.26. The topological polar surface area (TPSA) is 82.9 Å². The van der Waals surface area contributed by atoms with Crippen LogP contribution in [0, 0.1) is 0 Å². The van der Waals surface area contributed by atoms with Gasteiger partial charge in [0.25, 0.3) is 0 Å². The Morgan fingerprint density at radius 2 is 1.96 bits per heavy atom. The Bertz CT molecular complexity index is 1050. The molecule has 4 rings (SSSR count). The summed E-state index contributed by atoms with van der Waals surface area (Å²) in [7, 11) is 2.54. The van der Waals surface area contributed by atoms with Gasteiger partial charge in [-0.15, -0.1) is 0 Å². The smallest absolute Gasteiger partial charge is 0.355 e. The van der Waals surface area contributed by atoms with E-state index in [1.54, 1.807) is 23.3 Å². The Labute approximate surface area is 161 Å². The van der Waals surface area contributed by atoms with Crippen LogP contribution in [-0.4, -0.2) is 42.3 Å². The summed E-state index contributed by atoms with van der Waals surface area (Å²) in [5.41, 5.74) is 2.64. The van der Waals surface area contributed by atoms with Crippen molar-refractivity contribution in [2.45, 2.75) is 13.2 Å². The molecule has 8 nitrogen and oxygen atoms in total. The molecule has 0 N–H and O–H groups in total. The molecule has 3 heterocycles. The van der Waals surface area contributed by atoms with E-state index in [9.17, 15) is 9.59 Å². The molecule has 1 aromatic heterocycles. The molecule has 2 aliphatic heterocycles. The van der Waals surface area contributed by atoms with Gasteiger partial charge >= 0.3 is 11.9 Å². The summed E-state index contributed by atoms with van der Waals surface area (Å²) in [5.74, 6) is -0.402. The number of benzene rings is 1. The average Bonchev–Trinajstić information content (AvgIpc) is 2.95. The number of anilines is 1. The first-order valence-electron chi connectivity index (χ1n) is 8.76. The highest BCUT2D eigenvalue weighted by molar-refractivity contribution is 6.05. The van der Waals surface area contributed by atoms with Gasteiger partial charge in [0.15, 0.2) is 0 Å². The van der Waals surface area contributed by atoms with E-state index in [0.29, 0.717) is 18.9 Å². The van der Waals surface area contributed by atoms with E-state index in [1.807, 2.05) is 18.2 Å². The van der Waals surface area contributed by atoms with Crippen LogP contribution in [0.3, 0.4) is 0 Å². The second kappa shape index (κ2) is 7.32. The van der Waals surface area contributed by atoms with Crippen LogP contribution in [-0.2, 0) is 37.0 Å². The normalized spacial score (nSPS) is 16.1. The summed E-state index contributed by atoms with van der Waals surface area (Å²) in [6, 6.07) is 5.69. The van der Waals surface area contributed by atoms with E-state index in [4.69, 9.17) is 14.2 Å². The quantitative estimate of drug-likeness (QED) is 0.753. The molecule has 0 atom stereocenters. The van der Waals surface area contributed by atoms with E-state index in [0.717, 1.165) is 23.4 Å². The van der Waals surface area contributed by atoms with E-state index in [-0.39, 0.29) is 11.3 Å². The molecule has 2 aromatic rings. The van der Waals surface area contributed by atoms with Crippen molar-refractivity contribution in [3.8, 4) is 0 Å². The van der Waals surface area contributed by atoms with Gasteiger partial charge < -0.3 is 23.7 Å². The van der Waals surface area contributed by atoms with Crippen LogP contribution in [0.5, 0.6) is 0 Å². The molecule has 1 aromatic carbocycles. The van der Waals surface area contributed by atoms with Gasteiger partial charge in [0, 0.05) is 18.4 Å². The summed E-state index contributed by atoms with van der Waals surface area (Å²) in [6.07, 6.45) is 6.62. The van der Waals surface area contributed by atoms with E-state index in [1.165, 1.54) is 20.3 Å². The molecule has 0 aliphatic carbocycles. The van der Waals surface area contributed by atoms with Crippen molar-refractivity contribution in [2.75, 3.05) is 25.7 Å². The first-order valence-corrected chi connectivity index (χ1v) is 8.76. The lowest BCUT2D eigenvalue weighted by atomic mass is 10.1. The number of fused-ring (bicyclic) bond motifs is 3. The summed E-state index contributed by atoms with van der Waals surface area (Å²) in [4.78, 5) is 31.0. The number of esters is 2. The molecular weight excluding hydrogens is 362 g/mol. The number of carbonyl (C=O) groups excluding carboxylic acids is 2. The van der Waals surface area contributed by atoms with Crippen LogP contribution in [0.25, 0.3) is 11.0 Å². The number of hydrogen-bond donors (Lipinski definition) is 0. The van der Waals surface area contributed by atoms with Gasteiger partial charge in [0.2, 0.25) is 0 Å². The standard InChI is InChI=1S/C20H19N3O5/c1-26-19(24)14-5-3-4-8-22(18(14)20(25)27-2)13-6-7-16-15(11-13)21-17-12-28-10-9-23(16)17/h3-8,11H,9-10,12H2,1-2H3. The minimum absolute atomic E-state index is 0.0750. The molecule has 0 amide bonds. The molecule has 2 aliphatic rings. The van der Waals surface area contributed by atoms with Crippen molar-refractivity contribution in [2.24, 2.45) is 0 Å². The lowest BCUT2D eigenvalue weighted by molar-refractivity contribution is -0.139. The minimum atomic E-state index is -0.644. The Morgan fingerprint density at radius 3 is 2.75 bits per heavy atom. The lowest BCUT2D eigenvalue weighted by Gasteiger charge is -2.23. The molecular formula is C20H19N3O5. The van der Waals surface area contributed by atoms with Crippen LogP contribution in [0.4, 0.5) is 5.69 Å². The summed E-state index contributed by atoms with van der Waals surface area (Å²) >= 11 is 0. The van der Waals surface area contributed by atoms with Gasteiger partial charge in [-0.3, -0.25) is 0 Å². The molecule has 0 spiro atoms. The third-order valence-corrected chi connectivity index (χ3v) is 4.67. The van der Waals surface area contributed by atoms with Crippen LogP contribution in [0.1, 0.15) is 5.82 Å². The summed E-state index contributed by atoms with van der Waals surface area (Å²) in [6.45, 7) is 1.87. The van der Waals surface area contributed by atoms with Crippen molar-refractivity contribution >= 4 is 28.7 Å². The molecule has 0 saturated heterocycles. The number of carbonyl (C=O) groups is 2. The Hall–Kier alpha value is -3.39. The van der Waals surface area contributed by atoms with E-state index in [2.05, 4.69) is 9.55 Å². The van der Waals surface area contributed by atoms with Gasteiger partial charge in [0.1, 0.15) is 18.1 Å². The zero-order chi connectivity index (χ0) is 19.7. The van der Waals surface area contributed by atoms with E-state index < -0.39 is 11.9 Å². The zero-order valence-corrected chi connectivity index (χ0v) is 15.5. The number of hydrogen-bond acceptors (Lipinski definition) is 7. The maximum Gasteiger partial charge on any atom is 0.355 e. The van der Waals surface area contributed by atoms with Crippen molar-refractivity contribution < 1.29 is 23.8 Å². The van der Waals surface area contributed by atoms with Gasteiger partial charge in [-0.2, -0.15) is 0 Å². The maximum atomic E-state index is 12.5. The summed E-state index contributed by atoms with van der Waals surface area (Å²) < 4.78 is 17.4. The van der Waals surface area contributed by atoms with Crippen LogP contribution in [0.2, 0.25) is 0 Å². The summed E-state index contributed by atoms with van der Waals surface area (Å²) in [5, 5.41) is 0. The van der Waals surface area contributed by atoms with Crippen LogP contribution in [0.15, 0.2) is 53.9 Å². The molecule has 8 heteroatoms. The number of nitrogens with zero attached hydrogens (tertiary/aromatic N) is 3. The first kappa shape index (κ1) is 18.0. The molecule has 0 bridgehead atoms. The molecule has 0 fully saturated rings. The van der Waals surface area contributed by atoms with Crippen LogP contribution >= 0.6 is 0 Å². The minimum Gasteiger partial charge on any atom is -0.465 e. The fourth-order valence-electron chi connectivity index (χ4n) is 3.36. The van der Waals surface area contributed by atoms with Gasteiger partial charge in [0.05, 0.1) is 37.4 Å². The molecule has 0 unspecified atom stereocenters. The van der Waals surface area contributed by atoms with Crippen molar-refractivity contribution in [3.05, 3.63) is 59.7 Å². The number of ether oxygens (including phenoxy) is 3. The van der Waals surface area contributed by atoms with E-state index >= 15 is 0 Å². The Balaban J connectivity index is 1.85. The molecule has 0 radical (unpaired) electrons. The molecule has 0 saturated carbocycles. The average molecular weight is 381 g/mol. The number of aromatic nitrogens is 2. The van der Waals surface area contributed by atoms with Crippen molar-refractivity contribution in [3.63, 3.8) is 0 Å². The highest BCUT2D eigenvalue weighted by Gasteiger charge is 2.28. The van der Waals surface area contributed by atoms with Crippen LogP contribution < -0.4 is 4.90 Å². The maximum absolute atomic E-state index is 12.5. The fraction of sp³-hybridized carbons (Fsp3) is 0.250.